The summed E-state index contributed by atoms with van der Waals surface area (Å²) >= 11 is 0. The van der Waals surface area contributed by atoms with Gasteiger partial charge in [-0.3, -0.25) is 4.98 Å². The Bertz CT molecular complexity index is 312. The van der Waals surface area contributed by atoms with Crippen LogP contribution in [0.25, 0.3) is 0 Å². The predicted molar refractivity (Wildman–Crippen MR) is 50.8 cm³/mol. The fraction of sp³-hybridized carbons (Fsp3) is 0.667. The molecule has 0 amide bonds. The van der Waals surface area contributed by atoms with E-state index in [-0.39, 0.29) is 17.5 Å². The van der Waals surface area contributed by atoms with Crippen LogP contribution in [0.2, 0.25) is 0 Å². The maximum absolute atomic E-state index is 11.1. The molecule has 4 nitrogen and oxygen atoms in total. The smallest absolute Gasteiger partial charge is 0.294 e. The van der Waals surface area contributed by atoms with E-state index in [0.29, 0.717) is 11.6 Å². The molecule has 1 N–H and O–H groups in total. The first kappa shape index (κ1) is 9.89. The summed E-state index contributed by atoms with van der Waals surface area (Å²) in [6, 6.07) is 0. The molecular weight excluding hydrogens is 166 g/mol. The summed E-state index contributed by atoms with van der Waals surface area (Å²) in [5.74, 6) is 1.75. The lowest BCUT2D eigenvalue weighted by Gasteiger charge is -2.07. The zero-order valence-electron chi connectivity index (χ0n) is 8.46. The summed E-state index contributed by atoms with van der Waals surface area (Å²) in [6.07, 6.45) is 0. The fourth-order valence-corrected chi connectivity index (χ4v) is 0.950. The summed E-state index contributed by atoms with van der Waals surface area (Å²) in [7, 11) is 0. The van der Waals surface area contributed by atoms with Crippen molar-refractivity contribution in [3.63, 3.8) is 0 Å². The second-order valence-electron chi connectivity index (χ2n) is 3.71. The van der Waals surface area contributed by atoms with Crippen LogP contribution in [-0.4, -0.2) is 15.0 Å². The number of hydrogen-bond acceptors (Lipinski definition) is 3. The van der Waals surface area contributed by atoms with Crippen molar-refractivity contribution < 1.29 is 0 Å². The SMILES string of the molecule is CC(C)c1nc(C(C)C)[nH]c(=O)n1. The van der Waals surface area contributed by atoms with Gasteiger partial charge >= 0.3 is 5.69 Å². The van der Waals surface area contributed by atoms with Crippen LogP contribution in [0, 0.1) is 0 Å². The minimum Gasteiger partial charge on any atom is -0.294 e. The predicted octanol–water partition coefficient (Wildman–Crippen LogP) is 1.41. The Hall–Kier alpha value is -1.19. The van der Waals surface area contributed by atoms with Crippen LogP contribution in [0.15, 0.2) is 4.79 Å². The number of aromatic nitrogens is 3. The molecule has 4 heteroatoms. The van der Waals surface area contributed by atoms with Gasteiger partial charge in [-0.15, -0.1) is 0 Å². The minimum atomic E-state index is -0.303. The fourth-order valence-electron chi connectivity index (χ4n) is 0.950. The van der Waals surface area contributed by atoms with Gasteiger partial charge in [-0.05, 0) is 0 Å². The Balaban J connectivity index is 3.19. The van der Waals surface area contributed by atoms with E-state index in [4.69, 9.17) is 0 Å². The van der Waals surface area contributed by atoms with Crippen LogP contribution in [-0.2, 0) is 0 Å². The molecule has 0 fully saturated rings. The molecule has 1 aromatic heterocycles. The van der Waals surface area contributed by atoms with E-state index in [1.54, 1.807) is 0 Å². The zero-order valence-corrected chi connectivity index (χ0v) is 8.46. The topological polar surface area (TPSA) is 58.6 Å². The molecule has 0 saturated carbocycles. The highest BCUT2D eigenvalue weighted by molar-refractivity contribution is 4.98. The lowest BCUT2D eigenvalue weighted by molar-refractivity contribution is 0.680. The van der Waals surface area contributed by atoms with Gasteiger partial charge in [0.15, 0.2) is 0 Å². The third-order valence-corrected chi connectivity index (χ3v) is 1.75. The van der Waals surface area contributed by atoms with Crippen molar-refractivity contribution in [1.29, 1.82) is 0 Å². The molecule has 0 unspecified atom stereocenters. The van der Waals surface area contributed by atoms with Gasteiger partial charge < -0.3 is 0 Å². The number of hydrogen-bond donors (Lipinski definition) is 1. The molecule has 0 aromatic carbocycles. The summed E-state index contributed by atoms with van der Waals surface area (Å²) in [5, 5.41) is 0. The van der Waals surface area contributed by atoms with Crippen LogP contribution >= 0.6 is 0 Å². The van der Waals surface area contributed by atoms with Gasteiger partial charge in [-0.2, -0.15) is 4.98 Å². The average molecular weight is 181 g/mol. The second kappa shape index (κ2) is 3.68. The third-order valence-electron chi connectivity index (χ3n) is 1.75. The molecule has 0 aliphatic heterocycles. The van der Waals surface area contributed by atoms with Gasteiger partial charge in [0.2, 0.25) is 0 Å². The molecule has 72 valence electrons. The van der Waals surface area contributed by atoms with E-state index in [2.05, 4.69) is 15.0 Å². The summed E-state index contributed by atoms with van der Waals surface area (Å²) < 4.78 is 0. The van der Waals surface area contributed by atoms with Crippen LogP contribution in [0.5, 0.6) is 0 Å². The van der Waals surface area contributed by atoms with Gasteiger partial charge in [0, 0.05) is 11.8 Å². The van der Waals surface area contributed by atoms with Gasteiger partial charge in [-0.25, -0.2) is 9.78 Å². The molecule has 1 aromatic rings. The Morgan fingerprint density at radius 1 is 1.08 bits per heavy atom. The molecule has 0 bridgehead atoms. The quantitative estimate of drug-likeness (QED) is 0.750. The van der Waals surface area contributed by atoms with Crippen LogP contribution in [0.4, 0.5) is 0 Å². The standard InChI is InChI=1S/C9H15N3O/c1-5(2)7-10-8(6(3)4)12-9(13)11-7/h5-6H,1-4H3,(H,10,11,12,13). The largest absolute Gasteiger partial charge is 0.348 e. The first-order valence-corrected chi connectivity index (χ1v) is 4.49. The van der Waals surface area contributed by atoms with E-state index >= 15 is 0 Å². The molecule has 0 atom stereocenters. The Labute approximate surface area is 77.4 Å². The second-order valence-corrected chi connectivity index (χ2v) is 3.71. The van der Waals surface area contributed by atoms with Gasteiger partial charge in [0.25, 0.3) is 0 Å². The molecular formula is C9H15N3O. The Morgan fingerprint density at radius 2 is 1.69 bits per heavy atom. The van der Waals surface area contributed by atoms with E-state index in [1.165, 1.54) is 0 Å². The summed E-state index contributed by atoms with van der Waals surface area (Å²) in [4.78, 5) is 21.8. The molecule has 0 aliphatic rings. The normalized spacial score (nSPS) is 11.2. The van der Waals surface area contributed by atoms with Crippen molar-refractivity contribution in [3.05, 3.63) is 22.1 Å². The summed E-state index contributed by atoms with van der Waals surface area (Å²) in [5.41, 5.74) is -0.303. The van der Waals surface area contributed by atoms with E-state index in [1.807, 2.05) is 27.7 Å². The molecule has 13 heavy (non-hydrogen) atoms. The van der Waals surface area contributed by atoms with Crippen LogP contribution < -0.4 is 5.69 Å². The lowest BCUT2D eigenvalue weighted by atomic mass is 10.2. The summed E-state index contributed by atoms with van der Waals surface area (Å²) in [6.45, 7) is 7.92. The zero-order chi connectivity index (χ0) is 10.0. The van der Waals surface area contributed by atoms with Crippen molar-refractivity contribution in [1.82, 2.24) is 15.0 Å². The van der Waals surface area contributed by atoms with Crippen molar-refractivity contribution in [2.75, 3.05) is 0 Å². The van der Waals surface area contributed by atoms with Crippen molar-refractivity contribution >= 4 is 0 Å². The maximum atomic E-state index is 11.1. The van der Waals surface area contributed by atoms with E-state index in [0.717, 1.165) is 0 Å². The average Bonchev–Trinajstić information content (AvgIpc) is 2.03. The number of nitrogens with one attached hydrogen (secondary N) is 1. The number of aromatic amines is 1. The first-order valence-electron chi connectivity index (χ1n) is 4.49. The minimum absolute atomic E-state index is 0.194. The van der Waals surface area contributed by atoms with E-state index < -0.39 is 0 Å². The van der Waals surface area contributed by atoms with Crippen LogP contribution in [0.3, 0.4) is 0 Å². The van der Waals surface area contributed by atoms with Crippen molar-refractivity contribution in [2.24, 2.45) is 0 Å². The molecule has 0 radical (unpaired) electrons. The number of H-pyrrole nitrogens is 1. The molecule has 0 aliphatic carbocycles. The lowest BCUT2D eigenvalue weighted by Crippen LogP contribution is -2.19. The maximum Gasteiger partial charge on any atom is 0.348 e. The monoisotopic (exact) mass is 181 g/mol. The Morgan fingerprint density at radius 3 is 2.15 bits per heavy atom. The molecule has 1 rings (SSSR count). The van der Waals surface area contributed by atoms with Gasteiger partial charge in [0.05, 0.1) is 0 Å². The number of rotatable bonds is 2. The van der Waals surface area contributed by atoms with Gasteiger partial charge in [0.1, 0.15) is 11.6 Å². The van der Waals surface area contributed by atoms with Crippen LogP contribution in [0.1, 0.15) is 51.2 Å². The molecule has 0 spiro atoms. The first-order chi connectivity index (χ1) is 6.00. The highest BCUT2D eigenvalue weighted by atomic mass is 16.1. The van der Waals surface area contributed by atoms with Gasteiger partial charge in [-0.1, -0.05) is 27.7 Å². The van der Waals surface area contributed by atoms with E-state index in [9.17, 15) is 4.79 Å². The highest BCUT2D eigenvalue weighted by Gasteiger charge is 2.08. The number of nitrogens with zero attached hydrogens (tertiary/aromatic N) is 2. The molecule has 0 saturated heterocycles. The van der Waals surface area contributed by atoms with Crippen molar-refractivity contribution in [2.45, 2.75) is 39.5 Å². The molecule has 1 heterocycles. The third kappa shape index (κ3) is 2.37. The van der Waals surface area contributed by atoms with Crippen molar-refractivity contribution in [3.8, 4) is 0 Å². The Kier molecular flexibility index (Phi) is 2.80. The highest BCUT2D eigenvalue weighted by Crippen LogP contribution is 2.10.